The Morgan fingerprint density at radius 3 is 2.44 bits per heavy atom. The number of anilines is 1. The summed E-state index contributed by atoms with van der Waals surface area (Å²) in [6.45, 7) is 13.5. The van der Waals surface area contributed by atoms with E-state index in [4.69, 9.17) is 12.2 Å². The van der Waals surface area contributed by atoms with Crippen LogP contribution in [0.15, 0.2) is 18.2 Å². The first-order chi connectivity index (χ1) is 12.6. The highest BCUT2D eigenvalue weighted by Crippen LogP contribution is 2.30. The van der Waals surface area contributed by atoms with E-state index in [9.17, 15) is 4.79 Å². The predicted molar refractivity (Wildman–Crippen MR) is 118 cm³/mol. The molecule has 2 aromatic rings. The van der Waals surface area contributed by atoms with Crippen molar-refractivity contribution in [1.82, 2.24) is 9.97 Å². The van der Waals surface area contributed by atoms with Crippen molar-refractivity contribution in [2.45, 2.75) is 67.2 Å². The Labute approximate surface area is 168 Å². The summed E-state index contributed by atoms with van der Waals surface area (Å²) >= 11 is 5.13. The van der Waals surface area contributed by atoms with Gasteiger partial charge in [-0.15, -0.1) is 0 Å². The molecule has 0 saturated heterocycles. The second-order valence-corrected chi connectivity index (χ2v) is 9.68. The summed E-state index contributed by atoms with van der Waals surface area (Å²) in [5.74, 6) is 1.16. The minimum absolute atomic E-state index is 0.0397. The van der Waals surface area contributed by atoms with E-state index in [0.717, 1.165) is 36.0 Å². The lowest BCUT2D eigenvalue weighted by atomic mass is 9.80. The molecule has 5 heteroatoms. The number of carbonyl (C=O) groups is 1. The maximum Gasteiger partial charge on any atom is 0.227 e. The summed E-state index contributed by atoms with van der Waals surface area (Å²) in [7, 11) is 0. The van der Waals surface area contributed by atoms with Crippen LogP contribution in [0.4, 0.5) is 5.69 Å². The molecule has 150 valence electrons. The van der Waals surface area contributed by atoms with Crippen LogP contribution in [0, 0.1) is 27.9 Å². The number of benzene rings is 1. The van der Waals surface area contributed by atoms with Crippen molar-refractivity contribution in [3.05, 3.63) is 23.0 Å². The molecule has 3 N–H and O–H groups in total. The number of nitrogens with one attached hydrogen (secondary N) is 3. The van der Waals surface area contributed by atoms with Crippen LogP contribution in [0.3, 0.4) is 0 Å². The van der Waals surface area contributed by atoms with Gasteiger partial charge in [0.15, 0.2) is 4.77 Å². The Balaban J connectivity index is 2.05. The predicted octanol–water partition coefficient (Wildman–Crippen LogP) is 6.68. The molecule has 4 nitrogen and oxygen atoms in total. The SMILES string of the molecule is CCC(C)C(CCC(C)CC(C)(C)C)C(=O)Nc1ccc2[nH]c(=S)[nH]c2c1. The molecule has 0 aliphatic rings. The van der Waals surface area contributed by atoms with Crippen LogP contribution in [0.25, 0.3) is 11.0 Å². The molecule has 2 rings (SSSR count). The van der Waals surface area contributed by atoms with Crippen LogP contribution in [-0.4, -0.2) is 15.9 Å². The Kier molecular flexibility index (Phi) is 7.26. The minimum atomic E-state index is 0.0397. The van der Waals surface area contributed by atoms with E-state index in [0.29, 0.717) is 22.0 Å². The Bertz CT molecular complexity index is 815. The van der Waals surface area contributed by atoms with Crippen LogP contribution in [0.5, 0.6) is 0 Å². The van der Waals surface area contributed by atoms with Crippen molar-refractivity contribution in [3.63, 3.8) is 0 Å². The van der Waals surface area contributed by atoms with Crippen LogP contribution >= 0.6 is 12.2 Å². The van der Waals surface area contributed by atoms with Gasteiger partial charge in [-0.25, -0.2) is 0 Å². The minimum Gasteiger partial charge on any atom is -0.331 e. The Hall–Kier alpha value is -1.62. The molecule has 3 unspecified atom stereocenters. The number of aromatic amines is 2. The number of fused-ring (bicyclic) bond motifs is 1. The fourth-order valence-corrected chi connectivity index (χ4v) is 4.14. The number of rotatable bonds is 8. The molecule has 1 amide bonds. The third-order valence-electron chi connectivity index (χ3n) is 5.38. The third kappa shape index (κ3) is 6.49. The molecule has 3 atom stereocenters. The standard InChI is InChI=1S/C22H35N3OS/c1-7-15(3)17(10-8-14(2)13-22(4,5)6)20(26)23-16-9-11-18-19(12-16)25-21(27)24-18/h9,11-12,14-15,17H,7-8,10,13H2,1-6H3,(H,23,26)(H2,24,25,27). The summed E-state index contributed by atoms with van der Waals surface area (Å²) in [5.41, 5.74) is 3.01. The molecular formula is C22H35N3OS. The summed E-state index contributed by atoms with van der Waals surface area (Å²) in [6.07, 6.45) is 4.22. The van der Waals surface area contributed by atoms with E-state index in [1.54, 1.807) is 0 Å². The second kappa shape index (κ2) is 9.05. The lowest BCUT2D eigenvalue weighted by Gasteiger charge is -2.27. The van der Waals surface area contributed by atoms with Gasteiger partial charge < -0.3 is 15.3 Å². The summed E-state index contributed by atoms with van der Waals surface area (Å²) in [5, 5.41) is 3.12. The highest BCUT2D eigenvalue weighted by atomic mass is 32.1. The van der Waals surface area contributed by atoms with Gasteiger partial charge in [0.05, 0.1) is 11.0 Å². The van der Waals surface area contributed by atoms with Gasteiger partial charge in [0.1, 0.15) is 0 Å². The van der Waals surface area contributed by atoms with Crippen molar-refractivity contribution >= 4 is 34.8 Å². The molecule has 0 aliphatic carbocycles. The molecule has 0 bridgehead atoms. The zero-order valence-corrected chi connectivity index (χ0v) is 18.4. The Morgan fingerprint density at radius 2 is 1.81 bits per heavy atom. The molecule has 0 saturated carbocycles. The average Bonchev–Trinajstić information content (AvgIpc) is 2.92. The molecular weight excluding hydrogens is 354 g/mol. The molecule has 0 aliphatic heterocycles. The number of imidazole rings is 1. The van der Waals surface area contributed by atoms with E-state index >= 15 is 0 Å². The maximum absolute atomic E-state index is 13.0. The Morgan fingerprint density at radius 1 is 1.15 bits per heavy atom. The van der Waals surface area contributed by atoms with Crippen LogP contribution in [0.1, 0.15) is 67.2 Å². The monoisotopic (exact) mass is 389 g/mol. The fourth-order valence-electron chi connectivity index (χ4n) is 3.92. The number of H-pyrrole nitrogens is 2. The van der Waals surface area contributed by atoms with Gasteiger partial charge in [0.25, 0.3) is 0 Å². The van der Waals surface area contributed by atoms with Gasteiger partial charge in [-0.05, 0) is 66.9 Å². The summed E-state index contributed by atoms with van der Waals surface area (Å²) < 4.78 is 0.596. The van der Waals surface area contributed by atoms with Crippen molar-refractivity contribution in [2.75, 3.05) is 5.32 Å². The topological polar surface area (TPSA) is 60.7 Å². The molecule has 0 spiro atoms. The molecule has 0 fully saturated rings. The van der Waals surface area contributed by atoms with Gasteiger partial charge >= 0.3 is 0 Å². The lowest BCUT2D eigenvalue weighted by molar-refractivity contribution is -0.121. The number of aromatic nitrogens is 2. The third-order valence-corrected chi connectivity index (χ3v) is 5.59. The lowest BCUT2D eigenvalue weighted by Crippen LogP contribution is -2.28. The molecule has 1 aromatic carbocycles. The van der Waals surface area contributed by atoms with Crippen LogP contribution < -0.4 is 5.32 Å². The number of carbonyl (C=O) groups excluding carboxylic acids is 1. The highest BCUT2D eigenvalue weighted by molar-refractivity contribution is 7.71. The van der Waals surface area contributed by atoms with Crippen molar-refractivity contribution in [1.29, 1.82) is 0 Å². The summed E-state index contributed by atoms with van der Waals surface area (Å²) in [6, 6.07) is 5.81. The van der Waals surface area contributed by atoms with Crippen molar-refractivity contribution < 1.29 is 4.79 Å². The van der Waals surface area contributed by atoms with Crippen molar-refractivity contribution in [2.24, 2.45) is 23.2 Å². The van der Waals surface area contributed by atoms with E-state index in [1.807, 2.05) is 18.2 Å². The first kappa shape index (κ1) is 21.7. The van der Waals surface area contributed by atoms with Crippen LogP contribution in [-0.2, 0) is 4.79 Å². The number of hydrogen-bond acceptors (Lipinski definition) is 2. The normalized spacial score (nSPS) is 15.5. The van der Waals surface area contributed by atoms with Gasteiger partial charge in [0.2, 0.25) is 5.91 Å². The first-order valence-corrected chi connectivity index (χ1v) is 10.5. The van der Waals surface area contributed by atoms with E-state index in [2.05, 4.69) is 56.8 Å². The number of amides is 1. The number of hydrogen-bond donors (Lipinski definition) is 3. The molecule has 1 heterocycles. The average molecular weight is 390 g/mol. The van der Waals surface area contributed by atoms with Crippen molar-refractivity contribution in [3.8, 4) is 0 Å². The first-order valence-electron chi connectivity index (χ1n) is 10.1. The highest BCUT2D eigenvalue weighted by Gasteiger charge is 2.25. The zero-order valence-electron chi connectivity index (χ0n) is 17.6. The quantitative estimate of drug-likeness (QED) is 0.441. The van der Waals surface area contributed by atoms with E-state index < -0.39 is 0 Å². The van der Waals surface area contributed by atoms with Crippen LogP contribution in [0.2, 0.25) is 0 Å². The second-order valence-electron chi connectivity index (χ2n) is 9.27. The molecule has 1 aromatic heterocycles. The summed E-state index contributed by atoms with van der Waals surface area (Å²) in [4.78, 5) is 19.2. The van der Waals surface area contributed by atoms with E-state index in [1.165, 1.54) is 6.42 Å². The van der Waals surface area contributed by atoms with Gasteiger partial charge in [-0.3, -0.25) is 4.79 Å². The molecule has 27 heavy (non-hydrogen) atoms. The van der Waals surface area contributed by atoms with E-state index in [-0.39, 0.29) is 11.8 Å². The fraction of sp³-hybridized carbons (Fsp3) is 0.636. The van der Waals surface area contributed by atoms with Gasteiger partial charge in [-0.1, -0.05) is 48.0 Å². The smallest absolute Gasteiger partial charge is 0.227 e. The maximum atomic E-state index is 13.0. The molecule has 0 radical (unpaired) electrons. The zero-order chi connectivity index (χ0) is 20.2. The van der Waals surface area contributed by atoms with Gasteiger partial charge in [-0.2, -0.15) is 0 Å². The van der Waals surface area contributed by atoms with Gasteiger partial charge in [0, 0.05) is 11.6 Å². The largest absolute Gasteiger partial charge is 0.331 e.